The number of hydrogen-bond donors (Lipinski definition) is 2. The van der Waals surface area contributed by atoms with Crippen LogP contribution in [-0.4, -0.2) is 23.7 Å². The molecule has 0 radical (unpaired) electrons. The smallest absolute Gasteiger partial charge is 0.251 e. The fraction of sp³-hybridized carbons (Fsp3) is 0.588. The maximum Gasteiger partial charge on any atom is 0.251 e. The second-order valence-corrected chi connectivity index (χ2v) is 5.68. The Kier molecular flexibility index (Phi) is 5.60. The normalized spacial score (nSPS) is 17.7. The summed E-state index contributed by atoms with van der Waals surface area (Å²) >= 11 is 0. The van der Waals surface area contributed by atoms with Crippen LogP contribution in [0.4, 0.5) is 0 Å². The highest BCUT2D eigenvalue weighted by molar-refractivity contribution is 5.96. The first-order chi connectivity index (χ1) is 9.76. The summed E-state index contributed by atoms with van der Waals surface area (Å²) in [5.41, 5.74) is 1.96. The van der Waals surface area contributed by atoms with E-state index in [1.54, 1.807) is 0 Å². The standard InChI is InChI=1S/C17H25NO2/c1-2-14(12-19)18-17(20)16-11-7-6-10-15(16)13-8-4-3-5-9-13/h6-7,10-11,13-14,19H,2-5,8-9,12H2,1H3,(H,18,20). The van der Waals surface area contributed by atoms with Crippen LogP contribution in [0.25, 0.3) is 0 Å². The van der Waals surface area contributed by atoms with Gasteiger partial charge in [-0.2, -0.15) is 0 Å². The Morgan fingerprint density at radius 3 is 2.65 bits per heavy atom. The molecule has 1 saturated carbocycles. The van der Waals surface area contributed by atoms with Gasteiger partial charge in [0, 0.05) is 5.56 Å². The Morgan fingerprint density at radius 1 is 1.30 bits per heavy atom. The molecular formula is C17H25NO2. The van der Waals surface area contributed by atoms with E-state index in [0.29, 0.717) is 5.92 Å². The number of nitrogens with one attached hydrogen (secondary N) is 1. The molecule has 1 fully saturated rings. The van der Waals surface area contributed by atoms with Crippen molar-refractivity contribution in [2.45, 2.75) is 57.4 Å². The first kappa shape index (κ1) is 15.0. The molecule has 110 valence electrons. The molecule has 0 aromatic heterocycles. The third-order valence-corrected chi connectivity index (χ3v) is 4.30. The minimum absolute atomic E-state index is 0.00612. The second-order valence-electron chi connectivity index (χ2n) is 5.68. The van der Waals surface area contributed by atoms with Gasteiger partial charge in [0.15, 0.2) is 0 Å². The summed E-state index contributed by atoms with van der Waals surface area (Å²) in [4.78, 5) is 12.4. The molecule has 20 heavy (non-hydrogen) atoms. The number of rotatable bonds is 5. The zero-order chi connectivity index (χ0) is 14.4. The molecule has 1 amide bonds. The van der Waals surface area contributed by atoms with Crippen LogP contribution >= 0.6 is 0 Å². The predicted octanol–water partition coefficient (Wildman–Crippen LogP) is 3.24. The molecule has 1 aromatic carbocycles. The van der Waals surface area contributed by atoms with E-state index in [1.165, 1.54) is 37.7 Å². The lowest BCUT2D eigenvalue weighted by molar-refractivity contribution is 0.0913. The number of carbonyl (C=O) groups excluding carboxylic acids is 1. The Labute approximate surface area is 121 Å². The van der Waals surface area contributed by atoms with Crippen molar-refractivity contribution in [3.8, 4) is 0 Å². The van der Waals surface area contributed by atoms with Gasteiger partial charge in [0.25, 0.3) is 5.91 Å². The van der Waals surface area contributed by atoms with E-state index < -0.39 is 0 Å². The number of benzene rings is 1. The Balaban J connectivity index is 2.16. The summed E-state index contributed by atoms with van der Waals surface area (Å²) in [5, 5.41) is 12.1. The number of carbonyl (C=O) groups is 1. The maximum absolute atomic E-state index is 12.4. The third kappa shape index (κ3) is 3.60. The maximum atomic E-state index is 12.4. The molecule has 0 bridgehead atoms. The van der Waals surface area contributed by atoms with Crippen molar-refractivity contribution >= 4 is 5.91 Å². The lowest BCUT2D eigenvalue weighted by atomic mass is 9.82. The topological polar surface area (TPSA) is 49.3 Å². The van der Waals surface area contributed by atoms with Crippen LogP contribution in [-0.2, 0) is 0 Å². The molecule has 0 aliphatic heterocycles. The quantitative estimate of drug-likeness (QED) is 0.866. The lowest BCUT2D eigenvalue weighted by Gasteiger charge is -2.24. The van der Waals surface area contributed by atoms with E-state index in [2.05, 4.69) is 11.4 Å². The van der Waals surface area contributed by atoms with Crippen LogP contribution in [0.2, 0.25) is 0 Å². The molecule has 0 heterocycles. The summed E-state index contributed by atoms with van der Waals surface area (Å²) in [6, 6.07) is 7.78. The van der Waals surface area contributed by atoms with Crippen LogP contribution in [0.1, 0.15) is 67.3 Å². The van der Waals surface area contributed by atoms with E-state index in [1.807, 2.05) is 25.1 Å². The molecule has 1 aliphatic rings. The molecule has 0 saturated heterocycles. The van der Waals surface area contributed by atoms with Crippen molar-refractivity contribution in [2.24, 2.45) is 0 Å². The van der Waals surface area contributed by atoms with Crippen molar-refractivity contribution in [3.05, 3.63) is 35.4 Å². The molecule has 1 aliphatic carbocycles. The summed E-state index contributed by atoms with van der Waals surface area (Å²) in [7, 11) is 0. The Hall–Kier alpha value is -1.35. The van der Waals surface area contributed by atoms with Crippen LogP contribution in [0, 0.1) is 0 Å². The van der Waals surface area contributed by atoms with Crippen LogP contribution in [0.5, 0.6) is 0 Å². The Bertz CT molecular complexity index is 434. The number of aliphatic hydroxyl groups excluding tert-OH is 1. The highest BCUT2D eigenvalue weighted by Crippen LogP contribution is 2.34. The molecule has 2 rings (SSSR count). The monoisotopic (exact) mass is 275 g/mol. The Morgan fingerprint density at radius 2 is 2.00 bits per heavy atom. The molecule has 0 spiro atoms. The van der Waals surface area contributed by atoms with Crippen LogP contribution < -0.4 is 5.32 Å². The van der Waals surface area contributed by atoms with Crippen LogP contribution in [0.3, 0.4) is 0 Å². The summed E-state index contributed by atoms with van der Waals surface area (Å²) in [6.45, 7) is 1.96. The van der Waals surface area contributed by atoms with Gasteiger partial charge in [0.05, 0.1) is 12.6 Å². The van der Waals surface area contributed by atoms with E-state index in [4.69, 9.17) is 0 Å². The van der Waals surface area contributed by atoms with Gasteiger partial charge in [-0.1, -0.05) is 44.4 Å². The highest BCUT2D eigenvalue weighted by atomic mass is 16.3. The SMILES string of the molecule is CCC(CO)NC(=O)c1ccccc1C1CCCCC1. The molecule has 1 unspecified atom stereocenters. The molecule has 3 heteroatoms. The van der Waals surface area contributed by atoms with Crippen molar-refractivity contribution in [1.82, 2.24) is 5.32 Å². The summed E-state index contributed by atoms with van der Waals surface area (Å²) < 4.78 is 0. The lowest BCUT2D eigenvalue weighted by Crippen LogP contribution is -2.37. The summed E-state index contributed by atoms with van der Waals surface area (Å²) in [5.74, 6) is 0.465. The van der Waals surface area contributed by atoms with Gasteiger partial charge in [-0.3, -0.25) is 4.79 Å². The van der Waals surface area contributed by atoms with Crippen molar-refractivity contribution in [1.29, 1.82) is 0 Å². The van der Waals surface area contributed by atoms with Gasteiger partial charge in [-0.15, -0.1) is 0 Å². The number of hydrogen-bond acceptors (Lipinski definition) is 2. The minimum Gasteiger partial charge on any atom is -0.394 e. The van der Waals surface area contributed by atoms with Gasteiger partial charge < -0.3 is 10.4 Å². The van der Waals surface area contributed by atoms with Crippen molar-refractivity contribution in [2.75, 3.05) is 6.61 Å². The average molecular weight is 275 g/mol. The molecule has 2 N–H and O–H groups in total. The van der Waals surface area contributed by atoms with E-state index >= 15 is 0 Å². The largest absolute Gasteiger partial charge is 0.394 e. The van der Waals surface area contributed by atoms with Crippen molar-refractivity contribution in [3.63, 3.8) is 0 Å². The fourth-order valence-corrected chi connectivity index (χ4v) is 3.01. The van der Waals surface area contributed by atoms with Crippen molar-refractivity contribution < 1.29 is 9.90 Å². The average Bonchev–Trinajstić information content (AvgIpc) is 2.53. The van der Waals surface area contributed by atoms with Gasteiger partial charge in [-0.25, -0.2) is 0 Å². The van der Waals surface area contributed by atoms with E-state index in [-0.39, 0.29) is 18.6 Å². The van der Waals surface area contributed by atoms with E-state index in [0.717, 1.165) is 12.0 Å². The summed E-state index contributed by atoms with van der Waals surface area (Å²) in [6.07, 6.45) is 6.94. The molecule has 1 aromatic rings. The predicted molar refractivity (Wildman–Crippen MR) is 80.9 cm³/mol. The first-order valence-corrected chi connectivity index (χ1v) is 7.77. The highest BCUT2D eigenvalue weighted by Gasteiger charge is 2.21. The molecule has 1 atom stereocenters. The number of amides is 1. The van der Waals surface area contributed by atoms with Gasteiger partial charge >= 0.3 is 0 Å². The van der Waals surface area contributed by atoms with Gasteiger partial charge in [0.2, 0.25) is 0 Å². The molecular weight excluding hydrogens is 250 g/mol. The van der Waals surface area contributed by atoms with Gasteiger partial charge in [-0.05, 0) is 36.8 Å². The first-order valence-electron chi connectivity index (χ1n) is 7.77. The van der Waals surface area contributed by atoms with E-state index in [9.17, 15) is 9.90 Å². The fourth-order valence-electron chi connectivity index (χ4n) is 3.01. The second kappa shape index (κ2) is 7.44. The number of aliphatic hydroxyl groups is 1. The zero-order valence-corrected chi connectivity index (χ0v) is 12.3. The third-order valence-electron chi connectivity index (χ3n) is 4.30. The van der Waals surface area contributed by atoms with Gasteiger partial charge in [0.1, 0.15) is 0 Å². The minimum atomic E-state index is -0.151. The van der Waals surface area contributed by atoms with Crippen LogP contribution in [0.15, 0.2) is 24.3 Å². The molecule has 3 nitrogen and oxygen atoms in total. The zero-order valence-electron chi connectivity index (χ0n) is 12.3.